The molecule has 1 aliphatic carbocycles. The van der Waals surface area contributed by atoms with Gasteiger partial charge in [-0.1, -0.05) is 67.9 Å². The second-order valence-electron chi connectivity index (χ2n) is 7.08. The minimum atomic E-state index is -0.930. The molecule has 1 aliphatic rings. The summed E-state index contributed by atoms with van der Waals surface area (Å²) >= 11 is 0. The van der Waals surface area contributed by atoms with E-state index in [0.29, 0.717) is 25.2 Å². The average molecular weight is 363 g/mol. The first kappa shape index (κ1) is 22.6. The van der Waals surface area contributed by atoms with E-state index in [1.165, 1.54) is 32.3 Å². The summed E-state index contributed by atoms with van der Waals surface area (Å²) in [5, 5.41) is 29.7. The molecule has 3 N–H and O–H groups in total. The maximum Gasteiger partial charge on any atom is 0.129 e. The van der Waals surface area contributed by atoms with Gasteiger partial charge in [-0.15, -0.1) is 0 Å². The number of carbonyl (C=O) groups excluding carboxylic acids is 1. The zero-order valence-corrected chi connectivity index (χ0v) is 15.8. The van der Waals surface area contributed by atoms with Crippen LogP contribution in [0, 0.1) is 5.92 Å². The molecule has 26 heavy (non-hydrogen) atoms. The highest BCUT2D eigenvalue weighted by molar-refractivity contribution is 5.75. The monoisotopic (exact) mass is 362 g/mol. The summed E-state index contributed by atoms with van der Waals surface area (Å²) in [6.07, 6.45) is 19.5. The molecular formula is C22H34O4. The largest absolute Gasteiger partial charge is 0.390 e. The Hall–Kier alpha value is -1.49. The molecule has 0 saturated heterocycles. The van der Waals surface area contributed by atoms with Crippen LogP contribution in [0.3, 0.4) is 0 Å². The van der Waals surface area contributed by atoms with Crippen molar-refractivity contribution in [2.24, 2.45) is 5.92 Å². The molecular weight excluding hydrogens is 328 g/mol. The Morgan fingerprint density at radius 1 is 0.923 bits per heavy atom. The number of Topliss-reactive ketones (excluding diaryl/α,β-unsaturated/α-hetero) is 1. The zero-order chi connectivity index (χ0) is 19.2. The molecule has 146 valence electrons. The van der Waals surface area contributed by atoms with E-state index in [0.717, 1.165) is 12.8 Å². The number of aliphatic hydroxyl groups is 3. The number of aliphatic hydroxyl groups excluding tert-OH is 3. The van der Waals surface area contributed by atoms with E-state index in [1.807, 2.05) is 30.4 Å². The molecule has 0 heterocycles. The van der Waals surface area contributed by atoms with Crippen molar-refractivity contribution in [3.8, 4) is 0 Å². The molecule has 0 aromatic carbocycles. The molecule has 4 heteroatoms. The van der Waals surface area contributed by atoms with E-state index in [9.17, 15) is 20.1 Å². The van der Waals surface area contributed by atoms with Gasteiger partial charge >= 0.3 is 0 Å². The SMILES string of the molecule is CC(=O)CCCC(O)C(O)/C=C/C=C/C=C/C=C/C(O)C1CCCCC1. The summed E-state index contributed by atoms with van der Waals surface area (Å²) in [6, 6.07) is 0. The van der Waals surface area contributed by atoms with Crippen molar-refractivity contribution in [1.82, 2.24) is 0 Å². The van der Waals surface area contributed by atoms with Crippen molar-refractivity contribution in [2.45, 2.75) is 76.6 Å². The van der Waals surface area contributed by atoms with Crippen LogP contribution in [0.25, 0.3) is 0 Å². The predicted octanol–water partition coefficient (Wildman–Crippen LogP) is 3.63. The van der Waals surface area contributed by atoms with Gasteiger partial charge in [-0.3, -0.25) is 0 Å². The molecule has 0 radical (unpaired) electrons. The zero-order valence-electron chi connectivity index (χ0n) is 15.8. The van der Waals surface area contributed by atoms with Crippen LogP contribution in [0.15, 0.2) is 48.6 Å². The van der Waals surface area contributed by atoms with E-state index < -0.39 is 12.2 Å². The van der Waals surface area contributed by atoms with Gasteiger partial charge in [0.15, 0.2) is 0 Å². The van der Waals surface area contributed by atoms with Crippen molar-refractivity contribution in [2.75, 3.05) is 0 Å². The molecule has 1 saturated carbocycles. The Kier molecular flexibility index (Phi) is 11.9. The number of rotatable bonds is 11. The lowest BCUT2D eigenvalue weighted by molar-refractivity contribution is -0.117. The highest BCUT2D eigenvalue weighted by atomic mass is 16.3. The Morgan fingerprint density at radius 2 is 1.50 bits per heavy atom. The van der Waals surface area contributed by atoms with Gasteiger partial charge in [0.25, 0.3) is 0 Å². The standard InChI is InChI=1S/C22H34O4/c1-18(23)12-11-17-22(26)21(25)16-10-5-3-2-4-9-15-20(24)19-13-7-6-8-14-19/h2-5,9-10,15-16,19-22,24-26H,6-8,11-14,17H2,1H3/b4-2+,5-3+,15-9+,16-10+. The topological polar surface area (TPSA) is 77.8 Å². The third-order valence-corrected chi connectivity index (χ3v) is 4.73. The van der Waals surface area contributed by atoms with Crippen molar-refractivity contribution in [3.63, 3.8) is 0 Å². The molecule has 1 fully saturated rings. The van der Waals surface area contributed by atoms with Crippen LogP contribution in [-0.4, -0.2) is 39.4 Å². The molecule has 0 aromatic heterocycles. The van der Waals surface area contributed by atoms with E-state index >= 15 is 0 Å². The van der Waals surface area contributed by atoms with Gasteiger partial charge in [-0.05, 0) is 38.5 Å². The summed E-state index contributed by atoms with van der Waals surface area (Å²) in [7, 11) is 0. The van der Waals surface area contributed by atoms with Crippen molar-refractivity contribution >= 4 is 5.78 Å². The van der Waals surface area contributed by atoms with Crippen LogP contribution < -0.4 is 0 Å². The van der Waals surface area contributed by atoms with E-state index in [2.05, 4.69) is 0 Å². The third kappa shape index (κ3) is 10.5. The lowest BCUT2D eigenvalue weighted by atomic mass is 9.85. The van der Waals surface area contributed by atoms with Gasteiger partial charge in [0.1, 0.15) is 5.78 Å². The average Bonchev–Trinajstić information content (AvgIpc) is 2.63. The Labute approximate surface area is 157 Å². The fraction of sp³-hybridized carbons (Fsp3) is 0.591. The summed E-state index contributed by atoms with van der Waals surface area (Å²) in [5.74, 6) is 0.493. The molecule has 3 atom stereocenters. The van der Waals surface area contributed by atoms with Crippen LogP contribution in [0.5, 0.6) is 0 Å². The lowest BCUT2D eigenvalue weighted by Gasteiger charge is -2.24. The highest BCUT2D eigenvalue weighted by Crippen LogP contribution is 2.26. The van der Waals surface area contributed by atoms with Gasteiger partial charge in [-0.2, -0.15) is 0 Å². The van der Waals surface area contributed by atoms with Gasteiger partial charge in [0, 0.05) is 6.42 Å². The number of carbonyl (C=O) groups is 1. The summed E-state index contributed by atoms with van der Waals surface area (Å²) < 4.78 is 0. The number of allylic oxidation sites excluding steroid dienone is 6. The van der Waals surface area contributed by atoms with Crippen LogP contribution in [0.1, 0.15) is 58.3 Å². The third-order valence-electron chi connectivity index (χ3n) is 4.73. The van der Waals surface area contributed by atoms with Crippen LogP contribution in [0.4, 0.5) is 0 Å². The maximum atomic E-state index is 10.8. The van der Waals surface area contributed by atoms with Crippen molar-refractivity contribution in [3.05, 3.63) is 48.6 Å². The summed E-state index contributed by atoms with van der Waals surface area (Å²) in [5.41, 5.74) is 0. The minimum Gasteiger partial charge on any atom is -0.390 e. The Balaban J connectivity index is 2.23. The van der Waals surface area contributed by atoms with E-state index in [4.69, 9.17) is 0 Å². The molecule has 0 amide bonds. The maximum absolute atomic E-state index is 10.8. The first-order valence-electron chi connectivity index (χ1n) is 9.72. The fourth-order valence-electron chi connectivity index (χ4n) is 3.10. The first-order valence-corrected chi connectivity index (χ1v) is 9.72. The Morgan fingerprint density at radius 3 is 2.12 bits per heavy atom. The van der Waals surface area contributed by atoms with E-state index in [1.54, 1.807) is 12.2 Å². The Bertz CT molecular complexity index is 498. The van der Waals surface area contributed by atoms with Crippen LogP contribution in [-0.2, 0) is 4.79 Å². The molecule has 1 rings (SSSR count). The van der Waals surface area contributed by atoms with Crippen molar-refractivity contribution in [1.29, 1.82) is 0 Å². The second kappa shape index (κ2) is 13.7. The number of hydrogen-bond acceptors (Lipinski definition) is 4. The molecule has 3 unspecified atom stereocenters. The molecule has 0 aliphatic heterocycles. The van der Waals surface area contributed by atoms with Gasteiger partial charge in [0.2, 0.25) is 0 Å². The minimum absolute atomic E-state index is 0.0947. The molecule has 4 nitrogen and oxygen atoms in total. The summed E-state index contributed by atoms with van der Waals surface area (Å²) in [4.78, 5) is 10.8. The molecule has 0 aromatic rings. The smallest absolute Gasteiger partial charge is 0.129 e. The second-order valence-corrected chi connectivity index (χ2v) is 7.08. The van der Waals surface area contributed by atoms with Gasteiger partial charge in [-0.25, -0.2) is 0 Å². The van der Waals surface area contributed by atoms with Crippen LogP contribution in [0.2, 0.25) is 0 Å². The van der Waals surface area contributed by atoms with E-state index in [-0.39, 0.29) is 11.9 Å². The quantitative estimate of drug-likeness (QED) is 0.491. The highest BCUT2D eigenvalue weighted by Gasteiger charge is 2.19. The lowest BCUT2D eigenvalue weighted by Crippen LogP contribution is -2.23. The predicted molar refractivity (Wildman–Crippen MR) is 106 cm³/mol. The summed E-state index contributed by atoms with van der Waals surface area (Å²) in [6.45, 7) is 1.52. The fourth-order valence-corrected chi connectivity index (χ4v) is 3.10. The molecule has 0 bridgehead atoms. The van der Waals surface area contributed by atoms with Crippen molar-refractivity contribution < 1.29 is 20.1 Å². The van der Waals surface area contributed by atoms with Crippen LogP contribution >= 0.6 is 0 Å². The van der Waals surface area contributed by atoms with Gasteiger partial charge in [0.05, 0.1) is 18.3 Å². The number of hydrogen-bond donors (Lipinski definition) is 3. The first-order chi connectivity index (χ1) is 12.5. The number of ketones is 1. The normalized spacial score (nSPS) is 20.5. The van der Waals surface area contributed by atoms with Gasteiger partial charge < -0.3 is 20.1 Å². The molecule has 0 spiro atoms.